The van der Waals surface area contributed by atoms with Gasteiger partial charge in [0, 0.05) is 11.1 Å². The third-order valence-electron chi connectivity index (χ3n) is 4.65. The highest BCUT2D eigenvalue weighted by atomic mass is 19.4. The molecule has 0 saturated carbocycles. The van der Waals surface area contributed by atoms with Crippen LogP contribution in [0.3, 0.4) is 0 Å². The van der Waals surface area contributed by atoms with Crippen molar-refractivity contribution in [2.45, 2.75) is 12.5 Å². The number of alkyl halides is 3. The lowest BCUT2D eigenvalue weighted by Gasteiger charge is -2.27. The number of hydrogen-bond acceptors (Lipinski definition) is 5. The van der Waals surface area contributed by atoms with Crippen LogP contribution in [0, 0.1) is 0 Å². The average Bonchev–Trinajstić information content (AvgIpc) is 3.27. The predicted molar refractivity (Wildman–Crippen MR) is 102 cm³/mol. The maximum absolute atomic E-state index is 13.1. The number of halogens is 3. The van der Waals surface area contributed by atoms with Crippen LogP contribution in [0.4, 0.5) is 13.2 Å². The lowest BCUT2D eigenvalue weighted by Crippen LogP contribution is -2.32. The molecule has 1 aliphatic rings. The maximum atomic E-state index is 13.1. The van der Waals surface area contributed by atoms with Crippen molar-refractivity contribution in [3.05, 3.63) is 95.1 Å². The highest BCUT2D eigenvalue weighted by Gasteiger charge is 2.35. The van der Waals surface area contributed by atoms with Crippen LogP contribution in [0.1, 0.15) is 38.1 Å². The Morgan fingerprint density at radius 1 is 1.03 bits per heavy atom. The second kappa shape index (κ2) is 7.77. The lowest BCUT2D eigenvalue weighted by molar-refractivity contribution is -0.274. The van der Waals surface area contributed by atoms with Crippen LogP contribution in [0.5, 0.6) is 5.75 Å². The number of amides is 1. The Morgan fingerprint density at radius 3 is 2.39 bits per heavy atom. The van der Waals surface area contributed by atoms with E-state index in [4.69, 9.17) is 4.42 Å². The standard InChI is InChI=1S/C22H14F3NO5/c23-22(24,25)31-13-9-7-12(8-10-13)17-18(26-21(29)16-6-3-11-30-16)20(28)15-5-2-1-4-14(15)19(17)27/h1-11,19,27H,(H,26,29). The van der Waals surface area contributed by atoms with Crippen LogP contribution in [0.2, 0.25) is 0 Å². The molecule has 0 radical (unpaired) electrons. The Labute approximate surface area is 173 Å². The number of fused-ring (bicyclic) bond motifs is 1. The first kappa shape index (κ1) is 20.4. The van der Waals surface area contributed by atoms with E-state index in [2.05, 4.69) is 10.1 Å². The van der Waals surface area contributed by atoms with E-state index in [0.717, 1.165) is 12.1 Å². The first-order valence-electron chi connectivity index (χ1n) is 9.01. The normalized spacial score (nSPS) is 16.1. The van der Waals surface area contributed by atoms with Gasteiger partial charge in [-0.3, -0.25) is 9.59 Å². The van der Waals surface area contributed by atoms with E-state index in [9.17, 15) is 27.9 Å². The molecule has 31 heavy (non-hydrogen) atoms. The summed E-state index contributed by atoms with van der Waals surface area (Å²) >= 11 is 0. The number of furan rings is 1. The van der Waals surface area contributed by atoms with Crippen molar-refractivity contribution in [1.29, 1.82) is 0 Å². The van der Waals surface area contributed by atoms with Gasteiger partial charge >= 0.3 is 6.36 Å². The summed E-state index contributed by atoms with van der Waals surface area (Å²) in [6.07, 6.45) is -4.88. The van der Waals surface area contributed by atoms with Gasteiger partial charge in [-0.05, 0) is 35.4 Å². The van der Waals surface area contributed by atoms with E-state index >= 15 is 0 Å². The van der Waals surface area contributed by atoms with E-state index in [1.165, 1.54) is 36.6 Å². The zero-order valence-electron chi connectivity index (χ0n) is 15.6. The molecule has 1 atom stereocenters. The summed E-state index contributed by atoms with van der Waals surface area (Å²) in [5, 5.41) is 13.4. The molecule has 0 fully saturated rings. The topological polar surface area (TPSA) is 88.8 Å². The third kappa shape index (κ3) is 4.08. The van der Waals surface area contributed by atoms with Crippen molar-refractivity contribution >= 4 is 17.3 Å². The molecule has 0 aliphatic heterocycles. The number of benzene rings is 2. The molecular formula is C22H14F3NO5. The van der Waals surface area contributed by atoms with Gasteiger partial charge in [0.1, 0.15) is 11.9 Å². The van der Waals surface area contributed by atoms with Crippen LogP contribution in [-0.2, 0) is 0 Å². The Bertz CT molecular complexity index is 1160. The molecule has 6 nitrogen and oxygen atoms in total. The number of nitrogens with one attached hydrogen (secondary N) is 1. The van der Waals surface area contributed by atoms with Crippen LogP contribution < -0.4 is 10.1 Å². The van der Waals surface area contributed by atoms with Crippen molar-refractivity contribution in [2.75, 3.05) is 0 Å². The smallest absolute Gasteiger partial charge is 0.459 e. The second-order valence-electron chi connectivity index (χ2n) is 6.61. The molecular weight excluding hydrogens is 415 g/mol. The maximum Gasteiger partial charge on any atom is 0.573 e. The molecule has 4 rings (SSSR count). The molecule has 158 valence electrons. The SMILES string of the molecule is O=C(NC1=C(c2ccc(OC(F)(F)F)cc2)C(O)c2ccccc2C1=O)c1ccco1. The largest absolute Gasteiger partial charge is 0.573 e. The molecule has 9 heteroatoms. The molecule has 1 heterocycles. The molecule has 1 aromatic heterocycles. The highest BCUT2D eigenvalue weighted by molar-refractivity contribution is 6.18. The third-order valence-corrected chi connectivity index (χ3v) is 4.65. The van der Waals surface area contributed by atoms with Gasteiger partial charge in [-0.1, -0.05) is 36.4 Å². The summed E-state index contributed by atoms with van der Waals surface area (Å²) < 4.78 is 46.2. The number of aliphatic hydroxyl groups excluding tert-OH is 1. The van der Waals surface area contributed by atoms with Gasteiger partial charge in [-0.15, -0.1) is 13.2 Å². The van der Waals surface area contributed by atoms with Crippen molar-refractivity contribution in [3.63, 3.8) is 0 Å². The number of ether oxygens (including phenoxy) is 1. The number of carbonyl (C=O) groups is 2. The van der Waals surface area contributed by atoms with Crippen LogP contribution in [-0.4, -0.2) is 23.2 Å². The summed E-state index contributed by atoms with van der Waals surface area (Å²) in [7, 11) is 0. The molecule has 1 unspecified atom stereocenters. The van der Waals surface area contributed by atoms with Gasteiger partial charge in [0.25, 0.3) is 5.91 Å². The summed E-state index contributed by atoms with van der Waals surface area (Å²) in [5.41, 5.74) is 0.596. The predicted octanol–water partition coefficient (Wildman–Crippen LogP) is 4.25. The first-order chi connectivity index (χ1) is 14.7. The highest BCUT2D eigenvalue weighted by Crippen LogP contribution is 2.40. The van der Waals surface area contributed by atoms with E-state index in [1.54, 1.807) is 18.2 Å². The van der Waals surface area contributed by atoms with Gasteiger partial charge < -0.3 is 19.6 Å². The van der Waals surface area contributed by atoms with E-state index in [-0.39, 0.29) is 28.2 Å². The van der Waals surface area contributed by atoms with Gasteiger partial charge in [-0.25, -0.2) is 0 Å². The summed E-state index contributed by atoms with van der Waals surface area (Å²) in [6, 6.07) is 13.9. The number of allylic oxidation sites excluding steroid dienone is 1. The van der Waals surface area contributed by atoms with Crippen molar-refractivity contribution < 1.29 is 37.0 Å². The fourth-order valence-corrected chi connectivity index (χ4v) is 3.34. The number of ketones is 1. The Morgan fingerprint density at radius 2 is 1.74 bits per heavy atom. The van der Waals surface area contributed by atoms with E-state index in [1.807, 2.05) is 0 Å². The summed E-state index contributed by atoms with van der Waals surface area (Å²) in [6.45, 7) is 0. The van der Waals surface area contributed by atoms with E-state index < -0.39 is 29.9 Å². The van der Waals surface area contributed by atoms with E-state index in [0.29, 0.717) is 5.56 Å². The number of hydrogen-bond donors (Lipinski definition) is 2. The number of aliphatic hydroxyl groups is 1. The van der Waals surface area contributed by atoms with Crippen molar-refractivity contribution in [1.82, 2.24) is 5.32 Å². The minimum atomic E-state index is -4.86. The Balaban J connectivity index is 1.79. The molecule has 2 aromatic carbocycles. The van der Waals surface area contributed by atoms with Crippen LogP contribution in [0.15, 0.2) is 77.0 Å². The second-order valence-corrected chi connectivity index (χ2v) is 6.61. The van der Waals surface area contributed by atoms with Gasteiger partial charge in [0.05, 0.1) is 12.0 Å². The average molecular weight is 429 g/mol. The van der Waals surface area contributed by atoms with Gasteiger partial charge in [0.2, 0.25) is 5.78 Å². The fraction of sp³-hybridized carbons (Fsp3) is 0.0909. The van der Waals surface area contributed by atoms with Crippen molar-refractivity contribution in [2.24, 2.45) is 0 Å². The molecule has 2 N–H and O–H groups in total. The number of rotatable bonds is 4. The fourth-order valence-electron chi connectivity index (χ4n) is 3.34. The number of Topliss-reactive ketones (excluding diaryl/α,β-unsaturated/α-hetero) is 1. The molecule has 0 spiro atoms. The summed E-state index contributed by atoms with van der Waals surface area (Å²) in [5.74, 6) is -1.78. The molecule has 1 aliphatic carbocycles. The lowest BCUT2D eigenvalue weighted by atomic mass is 9.83. The number of carbonyl (C=O) groups excluding carboxylic acids is 2. The zero-order chi connectivity index (χ0) is 22.2. The Hall–Kier alpha value is -3.85. The molecule has 3 aromatic rings. The minimum absolute atomic E-state index is 0.0437. The first-order valence-corrected chi connectivity index (χ1v) is 9.01. The van der Waals surface area contributed by atoms with Crippen LogP contribution in [0.25, 0.3) is 5.57 Å². The quantitative estimate of drug-likeness (QED) is 0.648. The van der Waals surface area contributed by atoms with Gasteiger partial charge in [-0.2, -0.15) is 0 Å². The molecule has 0 bridgehead atoms. The summed E-state index contributed by atoms with van der Waals surface area (Å²) in [4.78, 5) is 25.6. The zero-order valence-corrected chi connectivity index (χ0v) is 15.6. The monoisotopic (exact) mass is 429 g/mol. The van der Waals surface area contributed by atoms with Gasteiger partial charge in [0.15, 0.2) is 5.76 Å². The molecule has 0 saturated heterocycles. The Kier molecular flexibility index (Phi) is 5.12. The molecule has 1 amide bonds. The minimum Gasteiger partial charge on any atom is -0.459 e. The van der Waals surface area contributed by atoms with Crippen LogP contribution >= 0.6 is 0 Å². The van der Waals surface area contributed by atoms with Crippen molar-refractivity contribution in [3.8, 4) is 5.75 Å².